The molecule has 1 aliphatic rings. The van der Waals surface area contributed by atoms with Crippen molar-refractivity contribution in [2.75, 3.05) is 26.2 Å². The number of fused-ring (bicyclic) bond motifs is 1. The van der Waals surface area contributed by atoms with Crippen molar-refractivity contribution in [3.8, 4) is 5.75 Å². The molecule has 2 amide bonds. The Balaban J connectivity index is 1.43. The lowest BCUT2D eigenvalue weighted by Gasteiger charge is -2.34. The van der Waals surface area contributed by atoms with Gasteiger partial charge in [0.25, 0.3) is 0 Å². The SMILES string of the molecule is C[C@H](O)[C@@H]1CCCN(C(=O)NCCOc2ccc3ccccc3c2)C1. The Morgan fingerprint density at radius 2 is 2.12 bits per heavy atom. The van der Waals surface area contributed by atoms with Crippen LogP contribution in [0.5, 0.6) is 5.75 Å². The van der Waals surface area contributed by atoms with Gasteiger partial charge in [0.05, 0.1) is 12.6 Å². The maximum absolute atomic E-state index is 12.2. The quantitative estimate of drug-likeness (QED) is 0.821. The first-order valence-electron chi connectivity index (χ1n) is 8.96. The minimum atomic E-state index is -0.369. The maximum atomic E-state index is 12.2. The molecule has 3 rings (SSSR count). The van der Waals surface area contributed by atoms with Crippen LogP contribution >= 0.6 is 0 Å². The van der Waals surface area contributed by atoms with Crippen molar-refractivity contribution in [1.29, 1.82) is 0 Å². The summed E-state index contributed by atoms with van der Waals surface area (Å²) in [6, 6.07) is 14.1. The molecule has 2 atom stereocenters. The lowest BCUT2D eigenvalue weighted by atomic mass is 9.94. The molecule has 134 valence electrons. The number of rotatable bonds is 5. The van der Waals surface area contributed by atoms with Gasteiger partial charge in [-0.2, -0.15) is 0 Å². The van der Waals surface area contributed by atoms with Gasteiger partial charge in [0.15, 0.2) is 0 Å². The standard InChI is InChI=1S/C20H26N2O3/c1-15(23)18-7-4-11-22(14-18)20(24)21-10-12-25-19-9-8-16-5-2-3-6-17(16)13-19/h2-3,5-6,8-9,13,15,18,23H,4,7,10-12,14H2,1H3,(H,21,24)/t15-,18+/m0/s1. The van der Waals surface area contributed by atoms with Gasteiger partial charge in [-0.05, 0) is 42.7 Å². The van der Waals surface area contributed by atoms with E-state index in [1.54, 1.807) is 11.8 Å². The van der Waals surface area contributed by atoms with E-state index in [1.807, 2.05) is 30.3 Å². The van der Waals surface area contributed by atoms with Crippen molar-refractivity contribution >= 4 is 16.8 Å². The summed E-state index contributed by atoms with van der Waals surface area (Å²) in [5.74, 6) is 0.980. The summed E-state index contributed by atoms with van der Waals surface area (Å²) in [7, 11) is 0. The fraction of sp³-hybridized carbons (Fsp3) is 0.450. The minimum Gasteiger partial charge on any atom is -0.492 e. The molecule has 2 aromatic rings. The molecule has 0 spiro atoms. The maximum Gasteiger partial charge on any atom is 0.317 e. The Labute approximate surface area is 148 Å². The highest BCUT2D eigenvalue weighted by Crippen LogP contribution is 2.21. The smallest absolute Gasteiger partial charge is 0.317 e. The number of nitrogens with one attached hydrogen (secondary N) is 1. The highest BCUT2D eigenvalue weighted by molar-refractivity contribution is 5.83. The zero-order chi connectivity index (χ0) is 17.6. The van der Waals surface area contributed by atoms with Crippen LogP contribution in [0.4, 0.5) is 4.79 Å². The Kier molecular flexibility index (Phi) is 5.76. The van der Waals surface area contributed by atoms with E-state index in [2.05, 4.69) is 17.4 Å². The number of aliphatic hydroxyl groups is 1. The molecule has 0 bridgehead atoms. The third-order valence-electron chi connectivity index (χ3n) is 4.80. The van der Waals surface area contributed by atoms with Gasteiger partial charge in [0.2, 0.25) is 0 Å². The van der Waals surface area contributed by atoms with Crippen molar-refractivity contribution in [1.82, 2.24) is 10.2 Å². The van der Waals surface area contributed by atoms with Crippen LogP contribution in [0.3, 0.4) is 0 Å². The number of benzene rings is 2. The van der Waals surface area contributed by atoms with E-state index in [0.29, 0.717) is 19.7 Å². The second-order valence-corrected chi connectivity index (χ2v) is 6.68. The summed E-state index contributed by atoms with van der Waals surface area (Å²) in [5, 5.41) is 14.9. The van der Waals surface area contributed by atoms with Gasteiger partial charge in [0, 0.05) is 19.0 Å². The van der Waals surface area contributed by atoms with E-state index in [-0.39, 0.29) is 18.1 Å². The minimum absolute atomic E-state index is 0.0764. The number of hydrogen-bond donors (Lipinski definition) is 2. The molecule has 5 nitrogen and oxygen atoms in total. The number of carbonyl (C=O) groups is 1. The first kappa shape index (κ1) is 17.5. The molecule has 25 heavy (non-hydrogen) atoms. The molecule has 0 aliphatic carbocycles. The predicted octanol–water partition coefficient (Wildman–Crippen LogP) is 3.02. The second-order valence-electron chi connectivity index (χ2n) is 6.68. The number of piperidine rings is 1. The van der Waals surface area contributed by atoms with Crippen LogP contribution < -0.4 is 10.1 Å². The zero-order valence-corrected chi connectivity index (χ0v) is 14.6. The van der Waals surface area contributed by atoms with Crippen molar-refractivity contribution in [3.63, 3.8) is 0 Å². The number of nitrogens with zero attached hydrogens (tertiary/aromatic N) is 1. The highest BCUT2D eigenvalue weighted by Gasteiger charge is 2.26. The zero-order valence-electron chi connectivity index (χ0n) is 14.6. The summed E-state index contributed by atoms with van der Waals surface area (Å²) in [6.45, 7) is 4.05. The molecule has 1 fully saturated rings. The topological polar surface area (TPSA) is 61.8 Å². The van der Waals surface area contributed by atoms with E-state index in [9.17, 15) is 9.90 Å². The normalized spacial score (nSPS) is 18.8. The van der Waals surface area contributed by atoms with Crippen molar-refractivity contribution in [2.24, 2.45) is 5.92 Å². The highest BCUT2D eigenvalue weighted by atomic mass is 16.5. The number of aliphatic hydroxyl groups excluding tert-OH is 1. The van der Waals surface area contributed by atoms with E-state index in [4.69, 9.17) is 4.74 Å². The lowest BCUT2D eigenvalue weighted by molar-refractivity contribution is 0.0737. The number of amides is 2. The fourth-order valence-corrected chi connectivity index (χ4v) is 3.28. The second kappa shape index (κ2) is 8.21. The van der Waals surface area contributed by atoms with E-state index in [0.717, 1.165) is 30.5 Å². The van der Waals surface area contributed by atoms with Crippen LogP contribution in [0.1, 0.15) is 19.8 Å². The molecule has 0 saturated carbocycles. The van der Waals surface area contributed by atoms with Crippen LogP contribution in [0, 0.1) is 5.92 Å². The third-order valence-corrected chi connectivity index (χ3v) is 4.80. The van der Waals surface area contributed by atoms with Crippen LogP contribution in [0.15, 0.2) is 42.5 Å². The van der Waals surface area contributed by atoms with Crippen LogP contribution in [-0.4, -0.2) is 48.4 Å². The number of carbonyl (C=O) groups excluding carboxylic acids is 1. The molecular weight excluding hydrogens is 316 g/mol. The summed E-state index contributed by atoms with van der Waals surface area (Å²) in [4.78, 5) is 14.0. The molecular formula is C20H26N2O3. The largest absolute Gasteiger partial charge is 0.492 e. The molecule has 2 N–H and O–H groups in total. The molecule has 0 aromatic heterocycles. The summed E-state index contributed by atoms with van der Waals surface area (Å²) in [5.41, 5.74) is 0. The Morgan fingerprint density at radius 1 is 1.32 bits per heavy atom. The molecule has 0 unspecified atom stereocenters. The summed E-state index contributed by atoms with van der Waals surface area (Å²) >= 11 is 0. The average molecular weight is 342 g/mol. The van der Waals surface area contributed by atoms with Gasteiger partial charge in [-0.1, -0.05) is 30.3 Å². The molecule has 1 aliphatic heterocycles. The third kappa shape index (κ3) is 4.63. The van der Waals surface area contributed by atoms with Gasteiger partial charge in [-0.3, -0.25) is 0 Å². The van der Waals surface area contributed by atoms with Crippen LogP contribution in [0.2, 0.25) is 0 Å². The van der Waals surface area contributed by atoms with E-state index >= 15 is 0 Å². The Bertz CT molecular complexity index is 717. The van der Waals surface area contributed by atoms with Crippen molar-refractivity contribution in [2.45, 2.75) is 25.9 Å². The molecule has 1 heterocycles. The Hall–Kier alpha value is -2.27. The van der Waals surface area contributed by atoms with Gasteiger partial charge in [-0.25, -0.2) is 4.79 Å². The van der Waals surface area contributed by atoms with E-state index < -0.39 is 0 Å². The molecule has 1 saturated heterocycles. The lowest BCUT2D eigenvalue weighted by Crippen LogP contribution is -2.48. The monoisotopic (exact) mass is 342 g/mol. The van der Waals surface area contributed by atoms with Crippen molar-refractivity contribution < 1.29 is 14.6 Å². The number of urea groups is 1. The Morgan fingerprint density at radius 3 is 2.92 bits per heavy atom. The summed E-state index contributed by atoms with van der Waals surface area (Å²) < 4.78 is 5.74. The summed E-state index contributed by atoms with van der Waals surface area (Å²) in [6.07, 6.45) is 1.55. The van der Waals surface area contributed by atoms with Crippen molar-refractivity contribution in [3.05, 3.63) is 42.5 Å². The first-order valence-corrected chi connectivity index (χ1v) is 8.96. The van der Waals surface area contributed by atoms with Crippen LogP contribution in [0.25, 0.3) is 10.8 Å². The van der Waals surface area contributed by atoms with Gasteiger partial charge >= 0.3 is 6.03 Å². The number of hydrogen-bond acceptors (Lipinski definition) is 3. The molecule has 2 aromatic carbocycles. The average Bonchev–Trinajstić information content (AvgIpc) is 2.65. The number of likely N-dealkylation sites (tertiary alicyclic amines) is 1. The number of ether oxygens (including phenoxy) is 1. The van der Waals surface area contributed by atoms with Gasteiger partial charge in [0.1, 0.15) is 12.4 Å². The predicted molar refractivity (Wildman–Crippen MR) is 98.8 cm³/mol. The van der Waals surface area contributed by atoms with Gasteiger partial charge < -0.3 is 20.1 Å². The van der Waals surface area contributed by atoms with Crippen LogP contribution in [-0.2, 0) is 0 Å². The molecule has 5 heteroatoms. The first-order chi connectivity index (χ1) is 12.1. The molecule has 0 radical (unpaired) electrons. The van der Waals surface area contributed by atoms with Gasteiger partial charge in [-0.15, -0.1) is 0 Å². The van der Waals surface area contributed by atoms with E-state index in [1.165, 1.54) is 5.39 Å². The fourth-order valence-electron chi connectivity index (χ4n) is 3.28.